The molecule has 3 heterocycles. The second kappa shape index (κ2) is 5.20. The van der Waals surface area contributed by atoms with E-state index in [1.807, 2.05) is 6.92 Å². The highest BCUT2D eigenvalue weighted by molar-refractivity contribution is 7.10. The standard InChI is InChI=1S/C15H20N2O2S/c1-3-11-6-8-20-13(11)9-17-10(2)14(18)16-7-4-5-12(16)15(17)19/h6,8,10,12H,3-5,7,9H2,1-2H3. The van der Waals surface area contributed by atoms with Crippen LogP contribution in [0.5, 0.6) is 0 Å². The highest BCUT2D eigenvalue weighted by Gasteiger charge is 2.45. The summed E-state index contributed by atoms with van der Waals surface area (Å²) in [5, 5.41) is 2.07. The quantitative estimate of drug-likeness (QED) is 0.855. The number of hydrogen-bond acceptors (Lipinski definition) is 3. The molecule has 5 heteroatoms. The lowest BCUT2D eigenvalue weighted by atomic mass is 10.1. The maximum absolute atomic E-state index is 12.6. The van der Waals surface area contributed by atoms with E-state index >= 15 is 0 Å². The molecule has 1 aromatic heterocycles. The van der Waals surface area contributed by atoms with Gasteiger partial charge in [0.2, 0.25) is 11.8 Å². The maximum atomic E-state index is 12.6. The molecule has 2 fully saturated rings. The largest absolute Gasteiger partial charge is 0.329 e. The predicted octanol–water partition coefficient (Wildman–Crippen LogP) is 2.03. The van der Waals surface area contributed by atoms with Crippen LogP contribution in [0.15, 0.2) is 11.4 Å². The Kier molecular flexibility index (Phi) is 3.54. The van der Waals surface area contributed by atoms with Crippen molar-refractivity contribution < 1.29 is 9.59 Å². The highest BCUT2D eigenvalue weighted by atomic mass is 32.1. The molecule has 2 saturated heterocycles. The average Bonchev–Trinajstić information content (AvgIpc) is 3.09. The van der Waals surface area contributed by atoms with Crippen molar-refractivity contribution in [1.82, 2.24) is 9.80 Å². The van der Waals surface area contributed by atoms with Gasteiger partial charge < -0.3 is 9.80 Å². The van der Waals surface area contributed by atoms with Gasteiger partial charge in [0.05, 0.1) is 6.54 Å². The van der Waals surface area contributed by atoms with Gasteiger partial charge in [0.25, 0.3) is 0 Å². The van der Waals surface area contributed by atoms with Crippen LogP contribution in [0.2, 0.25) is 0 Å². The Morgan fingerprint density at radius 3 is 2.90 bits per heavy atom. The highest BCUT2D eigenvalue weighted by Crippen LogP contribution is 2.29. The van der Waals surface area contributed by atoms with E-state index in [9.17, 15) is 9.59 Å². The Hall–Kier alpha value is -1.36. The lowest BCUT2D eigenvalue weighted by Crippen LogP contribution is -2.61. The van der Waals surface area contributed by atoms with Crippen molar-refractivity contribution in [2.24, 2.45) is 0 Å². The van der Waals surface area contributed by atoms with Crippen molar-refractivity contribution in [3.63, 3.8) is 0 Å². The van der Waals surface area contributed by atoms with Gasteiger partial charge in [0.15, 0.2) is 0 Å². The molecule has 1 aromatic rings. The first-order chi connectivity index (χ1) is 9.63. The van der Waals surface area contributed by atoms with Gasteiger partial charge in [-0.2, -0.15) is 0 Å². The normalized spacial score (nSPS) is 26.3. The fourth-order valence-electron chi connectivity index (χ4n) is 3.23. The summed E-state index contributed by atoms with van der Waals surface area (Å²) < 4.78 is 0. The van der Waals surface area contributed by atoms with Crippen molar-refractivity contribution >= 4 is 23.2 Å². The minimum absolute atomic E-state index is 0.113. The summed E-state index contributed by atoms with van der Waals surface area (Å²) in [4.78, 5) is 29.8. The SMILES string of the molecule is CCc1ccsc1CN1C(=O)C2CCCN2C(=O)C1C. The van der Waals surface area contributed by atoms with Gasteiger partial charge in [-0.1, -0.05) is 6.92 Å². The number of carbonyl (C=O) groups is 2. The molecule has 0 spiro atoms. The van der Waals surface area contributed by atoms with Crippen molar-refractivity contribution in [3.05, 3.63) is 21.9 Å². The van der Waals surface area contributed by atoms with Crippen molar-refractivity contribution in [1.29, 1.82) is 0 Å². The number of piperazine rings is 1. The zero-order chi connectivity index (χ0) is 14.3. The summed E-state index contributed by atoms with van der Waals surface area (Å²) in [6.45, 7) is 5.30. The molecule has 2 unspecified atom stereocenters. The Labute approximate surface area is 123 Å². The molecule has 0 aliphatic carbocycles. The molecule has 0 radical (unpaired) electrons. The Balaban J connectivity index is 1.85. The molecule has 108 valence electrons. The predicted molar refractivity (Wildman–Crippen MR) is 78.4 cm³/mol. The molecule has 2 atom stereocenters. The summed E-state index contributed by atoms with van der Waals surface area (Å²) in [7, 11) is 0. The second-order valence-electron chi connectivity index (χ2n) is 5.55. The summed E-state index contributed by atoms with van der Waals surface area (Å²) >= 11 is 1.68. The van der Waals surface area contributed by atoms with Gasteiger partial charge in [-0.15, -0.1) is 11.3 Å². The number of carbonyl (C=O) groups excluding carboxylic acids is 2. The van der Waals surface area contributed by atoms with Gasteiger partial charge in [-0.25, -0.2) is 0 Å². The first-order valence-electron chi connectivity index (χ1n) is 7.29. The van der Waals surface area contributed by atoms with E-state index in [0.29, 0.717) is 6.54 Å². The van der Waals surface area contributed by atoms with E-state index < -0.39 is 0 Å². The molecule has 0 N–H and O–H groups in total. The van der Waals surface area contributed by atoms with Crippen LogP contribution in [0, 0.1) is 0 Å². The van der Waals surface area contributed by atoms with Crippen LogP contribution >= 0.6 is 11.3 Å². The van der Waals surface area contributed by atoms with Crippen LogP contribution in [-0.2, 0) is 22.6 Å². The number of fused-ring (bicyclic) bond motifs is 1. The van der Waals surface area contributed by atoms with Gasteiger partial charge in [0, 0.05) is 11.4 Å². The molecular formula is C15H20N2O2S. The minimum Gasteiger partial charge on any atom is -0.329 e. The summed E-state index contributed by atoms with van der Waals surface area (Å²) in [6.07, 6.45) is 2.74. The smallest absolute Gasteiger partial charge is 0.246 e. The third kappa shape index (κ3) is 2.04. The van der Waals surface area contributed by atoms with Gasteiger partial charge in [-0.3, -0.25) is 9.59 Å². The van der Waals surface area contributed by atoms with E-state index in [0.717, 1.165) is 25.8 Å². The molecular weight excluding hydrogens is 272 g/mol. The van der Waals surface area contributed by atoms with Crippen molar-refractivity contribution in [3.8, 4) is 0 Å². The van der Waals surface area contributed by atoms with E-state index in [-0.39, 0.29) is 23.9 Å². The average molecular weight is 292 g/mol. The van der Waals surface area contributed by atoms with Crippen LogP contribution in [0.25, 0.3) is 0 Å². The van der Waals surface area contributed by atoms with Gasteiger partial charge in [0.1, 0.15) is 12.1 Å². The number of rotatable bonds is 3. The topological polar surface area (TPSA) is 40.6 Å². The third-order valence-electron chi connectivity index (χ3n) is 4.46. The molecule has 0 bridgehead atoms. The molecule has 2 aliphatic rings. The first-order valence-corrected chi connectivity index (χ1v) is 8.17. The number of nitrogens with zero attached hydrogens (tertiary/aromatic N) is 2. The van der Waals surface area contributed by atoms with Crippen LogP contribution in [0.3, 0.4) is 0 Å². The lowest BCUT2D eigenvalue weighted by molar-refractivity contribution is -0.159. The molecule has 0 saturated carbocycles. The van der Waals surface area contributed by atoms with Gasteiger partial charge in [-0.05, 0) is 43.2 Å². The molecule has 20 heavy (non-hydrogen) atoms. The summed E-state index contributed by atoms with van der Waals surface area (Å²) in [5.74, 6) is 0.242. The van der Waals surface area contributed by atoms with E-state index in [4.69, 9.17) is 0 Å². The molecule has 0 aromatic carbocycles. The first kappa shape index (κ1) is 13.6. The van der Waals surface area contributed by atoms with Crippen LogP contribution in [-0.4, -0.2) is 40.2 Å². The fraction of sp³-hybridized carbons (Fsp3) is 0.600. The lowest BCUT2D eigenvalue weighted by Gasteiger charge is -2.40. The molecule has 2 amide bonds. The molecule has 4 nitrogen and oxygen atoms in total. The van der Waals surface area contributed by atoms with Crippen molar-refractivity contribution in [2.75, 3.05) is 6.54 Å². The maximum Gasteiger partial charge on any atom is 0.246 e. The monoisotopic (exact) mass is 292 g/mol. The van der Waals surface area contributed by atoms with E-state index in [1.54, 1.807) is 21.1 Å². The Bertz CT molecular complexity index is 540. The van der Waals surface area contributed by atoms with Crippen LogP contribution < -0.4 is 0 Å². The van der Waals surface area contributed by atoms with Gasteiger partial charge >= 0.3 is 0 Å². The fourth-order valence-corrected chi connectivity index (χ4v) is 4.21. The summed E-state index contributed by atoms with van der Waals surface area (Å²) in [6, 6.07) is 1.58. The zero-order valence-electron chi connectivity index (χ0n) is 12.0. The van der Waals surface area contributed by atoms with Crippen LogP contribution in [0.4, 0.5) is 0 Å². The Morgan fingerprint density at radius 2 is 2.15 bits per heavy atom. The molecule has 2 aliphatic heterocycles. The number of aryl methyl sites for hydroxylation is 1. The van der Waals surface area contributed by atoms with Crippen LogP contribution in [0.1, 0.15) is 37.1 Å². The third-order valence-corrected chi connectivity index (χ3v) is 5.41. The van der Waals surface area contributed by atoms with Crippen molar-refractivity contribution in [2.45, 2.75) is 51.7 Å². The second-order valence-corrected chi connectivity index (χ2v) is 6.56. The minimum atomic E-state index is -0.330. The number of amides is 2. The van der Waals surface area contributed by atoms with E-state index in [2.05, 4.69) is 18.4 Å². The number of hydrogen-bond donors (Lipinski definition) is 0. The van der Waals surface area contributed by atoms with E-state index in [1.165, 1.54) is 10.4 Å². The summed E-state index contributed by atoms with van der Waals surface area (Å²) in [5.41, 5.74) is 1.29. The Morgan fingerprint density at radius 1 is 1.35 bits per heavy atom. The molecule has 3 rings (SSSR count). The zero-order valence-corrected chi connectivity index (χ0v) is 12.8. The number of thiophene rings is 1.